The molecule has 4 nitrogen and oxygen atoms in total. The normalized spacial score (nSPS) is 16.7. The van der Waals surface area contributed by atoms with Crippen LogP contribution in [0.3, 0.4) is 0 Å². The van der Waals surface area contributed by atoms with Crippen LogP contribution in [0.25, 0.3) is 11.1 Å². The summed E-state index contributed by atoms with van der Waals surface area (Å²) in [7, 11) is 0. The zero-order chi connectivity index (χ0) is 20.0. The number of thioether (sulfide) groups is 1. The van der Waals surface area contributed by atoms with Crippen LogP contribution in [0.2, 0.25) is 0 Å². The molecule has 6 heteroatoms. The van der Waals surface area contributed by atoms with Gasteiger partial charge >= 0.3 is 0 Å². The Morgan fingerprint density at radius 1 is 1.14 bits per heavy atom. The SMILES string of the molecule is CCSc1ccc2c(c1)N(c1ncc(-c3cc(C)ccc3F)cn1)CC21COC1. The molecule has 0 aliphatic carbocycles. The minimum absolute atomic E-state index is 0.0232. The quantitative estimate of drug-likeness (QED) is 0.561. The Bertz CT molecular complexity index is 1070. The second kappa shape index (κ2) is 7.11. The molecule has 1 aromatic heterocycles. The highest BCUT2D eigenvalue weighted by atomic mass is 32.2. The van der Waals surface area contributed by atoms with Crippen molar-refractivity contribution in [3.05, 3.63) is 65.7 Å². The van der Waals surface area contributed by atoms with E-state index in [2.05, 4.69) is 40.0 Å². The van der Waals surface area contributed by atoms with Crippen molar-refractivity contribution in [1.82, 2.24) is 9.97 Å². The topological polar surface area (TPSA) is 38.2 Å². The molecule has 2 aliphatic heterocycles. The molecule has 1 fully saturated rings. The van der Waals surface area contributed by atoms with Crippen LogP contribution in [0.15, 0.2) is 53.7 Å². The zero-order valence-corrected chi connectivity index (χ0v) is 17.3. The molecule has 1 saturated heterocycles. The molecular weight excluding hydrogens is 385 g/mol. The van der Waals surface area contributed by atoms with Crippen LogP contribution in [-0.4, -0.2) is 35.5 Å². The number of aromatic nitrogens is 2. The molecule has 3 aromatic rings. The van der Waals surface area contributed by atoms with Gasteiger partial charge in [-0.2, -0.15) is 0 Å². The van der Waals surface area contributed by atoms with Gasteiger partial charge < -0.3 is 9.64 Å². The first-order valence-electron chi connectivity index (χ1n) is 9.81. The van der Waals surface area contributed by atoms with Gasteiger partial charge in [0.25, 0.3) is 0 Å². The molecule has 0 unspecified atom stereocenters. The summed E-state index contributed by atoms with van der Waals surface area (Å²) >= 11 is 1.83. The smallest absolute Gasteiger partial charge is 0.229 e. The summed E-state index contributed by atoms with van der Waals surface area (Å²) in [5, 5.41) is 0. The van der Waals surface area contributed by atoms with Crippen LogP contribution < -0.4 is 4.90 Å². The zero-order valence-electron chi connectivity index (χ0n) is 16.5. The molecule has 0 bridgehead atoms. The maximum Gasteiger partial charge on any atom is 0.229 e. The second-order valence-corrected chi connectivity index (χ2v) is 9.06. The summed E-state index contributed by atoms with van der Waals surface area (Å²) in [5.41, 5.74) is 4.71. The molecule has 2 aliphatic rings. The Morgan fingerprint density at radius 2 is 1.93 bits per heavy atom. The number of hydrogen-bond donors (Lipinski definition) is 0. The number of fused-ring (bicyclic) bond motifs is 2. The fourth-order valence-electron chi connectivity index (χ4n) is 4.15. The number of benzene rings is 2. The Labute approximate surface area is 174 Å². The van der Waals surface area contributed by atoms with Gasteiger partial charge in [0.1, 0.15) is 5.82 Å². The average molecular weight is 408 g/mol. The predicted octanol–water partition coefficient (Wildman–Crippen LogP) is 5.12. The largest absolute Gasteiger partial charge is 0.379 e. The summed E-state index contributed by atoms with van der Waals surface area (Å²) in [4.78, 5) is 12.6. The van der Waals surface area contributed by atoms with Crippen molar-refractivity contribution in [2.45, 2.75) is 24.2 Å². The number of halogens is 1. The minimum Gasteiger partial charge on any atom is -0.379 e. The molecule has 29 heavy (non-hydrogen) atoms. The Balaban J connectivity index is 1.52. The van der Waals surface area contributed by atoms with E-state index in [0.717, 1.165) is 36.8 Å². The average Bonchev–Trinajstić information content (AvgIpc) is 3.06. The van der Waals surface area contributed by atoms with Gasteiger partial charge in [-0.1, -0.05) is 24.6 Å². The van der Waals surface area contributed by atoms with E-state index in [1.165, 1.54) is 16.5 Å². The fourth-order valence-corrected chi connectivity index (χ4v) is 4.84. The Kier molecular flexibility index (Phi) is 4.56. The number of anilines is 2. The van der Waals surface area contributed by atoms with Gasteiger partial charge in [-0.15, -0.1) is 11.8 Å². The third-order valence-corrected chi connectivity index (χ3v) is 6.55. The van der Waals surface area contributed by atoms with Crippen LogP contribution in [0.1, 0.15) is 18.1 Å². The predicted molar refractivity (Wildman–Crippen MR) is 115 cm³/mol. The van der Waals surface area contributed by atoms with Crippen LogP contribution in [0.5, 0.6) is 0 Å². The second-order valence-electron chi connectivity index (χ2n) is 7.73. The molecular formula is C23H22FN3OS. The monoisotopic (exact) mass is 407 g/mol. The first kappa shape index (κ1) is 18.6. The van der Waals surface area contributed by atoms with Crippen LogP contribution in [0, 0.1) is 12.7 Å². The summed E-state index contributed by atoms with van der Waals surface area (Å²) in [6, 6.07) is 11.7. The highest BCUT2D eigenvalue weighted by molar-refractivity contribution is 7.99. The van der Waals surface area contributed by atoms with Crippen molar-refractivity contribution in [1.29, 1.82) is 0 Å². The maximum atomic E-state index is 14.2. The van der Waals surface area contributed by atoms with Crippen molar-refractivity contribution in [2.24, 2.45) is 0 Å². The van der Waals surface area contributed by atoms with Crippen molar-refractivity contribution in [3.63, 3.8) is 0 Å². The van der Waals surface area contributed by atoms with Gasteiger partial charge in [-0.25, -0.2) is 14.4 Å². The van der Waals surface area contributed by atoms with Crippen LogP contribution in [0.4, 0.5) is 16.0 Å². The molecule has 0 radical (unpaired) electrons. The van der Waals surface area contributed by atoms with Crippen molar-refractivity contribution in [3.8, 4) is 11.1 Å². The lowest BCUT2D eigenvalue weighted by molar-refractivity contribution is -0.0507. The first-order chi connectivity index (χ1) is 14.1. The van der Waals surface area contributed by atoms with Crippen LogP contribution >= 0.6 is 11.8 Å². The van der Waals surface area contributed by atoms with Gasteiger partial charge in [0, 0.05) is 40.6 Å². The fraction of sp³-hybridized carbons (Fsp3) is 0.304. The van der Waals surface area contributed by atoms with E-state index in [0.29, 0.717) is 17.1 Å². The molecule has 3 heterocycles. The molecule has 1 spiro atoms. The minimum atomic E-state index is -0.259. The highest BCUT2D eigenvalue weighted by Crippen LogP contribution is 2.48. The Hall–Kier alpha value is -2.44. The standard InChI is InChI=1S/C23H22FN3OS/c1-3-29-17-5-6-19-21(9-17)27(12-23(19)13-28-14-23)22-25-10-16(11-26-22)18-8-15(2)4-7-20(18)24/h4-11H,3,12-14H2,1-2H3. The van der Waals surface area contributed by atoms with E-state index in [4.69, 9.17) is 4.74 Å². The number of aryl methyl sites for hydroxylation is 1. The van der Waals surface area contributed by atoms with Crippen molar-refractivity contribution in [2.75, 3.05) is 30.4 Å². The molecule has 2 aromatic carbocycles. The molecule has 0 atom stereocenters. The van der Waals surface area contributed by atoms with E-state index in [9.17, 15) is 4.39 Å². The van der Waals surface area contributed by atoms with E-state index in [1.807, 2.05) is 24.8 Å². The van der Waals surface area contributed by atoms with Gasteiger partial charge in [0.15, 0.2) is 0 Å². The van der Waals surface area contributed by atoms with Gasteiger partial charge in [0.2, 0.25) is 5.95 Å². The van der Waals surface area contributed by atoms with Crippen molar-refractivity contribution < 1.29 is 9.13 Å². The first-order valence-corrected chi connectivity index (χ1v) is 10.8. The molecule has 5 rings (SSSR count). The summed E-state index contributed by atoms with van der Waals surface area (Å²) < 4.78 is 19.8. The van der Waals surface area contributed by atoms with E-state index in [-0.39, 0.29) is 11.2 Å². The molecule has 0 N–H and O–H groups in total. The number of rotatable bonds is 4. The number of nitrogens with zero attached hydrogens (tertiary/aromatic N) is 3. The summed E-state index contributed by atoms with van der Waals surface area (Å²) in [5.74, 6) is 1.41. The third kappa shape index (κ3) is 3.11. The van der Waals surface area contributed by atoms with Gasteiger partial charge in [-0.05, 0) is 42.5 Å². The molecule has 0 saturated carbocycles. The summed E-state index contributed by atoms with van der Waals surface area (Å²) in [6.07, 6.45) is 3.43. The van der Waals surface area contributed by atoms with Crippen LogP contribution in [-0.2, 0) is 10.2 Å². The third-order valence-electron chi connectivity index (χ3n) is 5.67. The Morgan fingerprint density at radius 3 is 2.62 bits per heavy atom. The number of hydrogen-bond acceptors (Lipinski definition) is 5. The van der Waals surface area contributed by atoms with E-state index in [1.54, 1.807) is 18.5 Å². The summed E-state index contributed by atoms with van der Waals surface area (Å²) in [6.45, 7) is 6.36. The lowest BCUT2D eigenvalue weighted by Crippen LogP contribution is -2.49. The maximum absolute atomic E-state index is 14.2. The van der Waals surface area contributed by atoms with Gasteiger partial charge in [-0.3, -0.25) is 0 Å². The van der Waals surface area contributed by atoms with E-state index >= 15 is 0 Å². The van der Waals surface area contributed by atoms with Gasteiger partial charge in [0.05, 0.1) is 18.6 Å². The lowest BCUT2D eigenvalue weighted by Gasteiger charge is -2.38. The van der Waals surface area contributed by atoms with Crippen molar-refractivity contribution >= 4 is 23.4 Å². The van der Waals surface area contributed by atoms with E-state index < -0.39 is 0 Å². The lowest BCUT2D eigenvalue weighted by atomic mass is 9.81. The molecule has 148 valence electrons. The number of ether oxygens (including phenoxy) is 1. The molecule has 0 amide bonds. The highest BCUT2D eigenvalue weighted by Gasteiger charge is 2.49.